The van der Waals surface area contributed by atoms with Gasteiger partial charge in [0.1, 0.15) is 0 Å². The molecule has 0 amide bonds. The van der Waals surface area contributed by atoms with Gasteiger partial charge >= 0.3 is 6.18 Å². The number of rotatable bonds is 6. The molecule has 0 aliphatic carbocycles. The zero-order chi connectivity index (χ0) is 13.6. The lowest BCUT2D eigenvalue weighted by Gasteiger charge is -2.14. The molecule has 6 heteroatoms. The highest BCUT2D eigenvalue weighted by atomic mass is 32.2. The number of nitrogens with two attached hydrogens (primary N) is 1. The van der Waals surface area contributed by atoms with Crippen LogP contribution in [0.1, 0.15) is 11.1 Å². The minimum absolute atomic E-state index is 0.208. The van der Waals surface area contributed by atoms with Crippen molar-refractivity contribution in [2.45, 2.75) is 17.5 Å². The van der Waals surface area contributed by atoms with Crippen LogP contribution in [0.4, 0.5) is 13.2 Å². The highest BCUT2D eigenvalue weighted by Crippen LogP contribution is 2.34. The van der Waals surface area contributed by atoms with E-state index in [0.717, 1.165) is 0 Å². The summed E-state index contributed by atoms with van der Waals surface area (Å²) < 4.78 is 43.5. The maximum Gasteiger partial charge on any atom is 0.416 e. The quantitative estimate of drug-likeness (QED) is 0.642. The van der Waals surface area contributed by atoms with Crippen LogP contribution in [0.2, 0.25) is 0 Å². The largest absolute Gasteiger partial charge is 0.416 e. The Hall–Kier alpha value is -0.720. The van der Waals surface area contributed by atoms with Crippen LogP contribution in [-0.2, 0) is 17.3 Å². The van der Waals surface area contributed by atoms with Crippen molar-refractivity contribution in [3.63, 3.8) is 0 Å². The molecule has 0 spiro atoms. The van der Waals surface area contributed by atoms with E-state index in [4.69, 9.17) is 10.5 Å². The number of ether oxygens (including phenoxy) is 1. The molecule has 0 bridgehead atoms. The van der Waals surface area contributed by atoms with Crippen molar-refractivity contribution >= 4 is 11.8 Å². The molecule has 0 atom stereocenters. The Kier molecular flexibility index (Phi) is 5.98. The summed E-state index contributed by atoms with van der Waals surface area (Å²) in [5.74, 6) is 0.629. The summed E-state index contributed by atoms with van der Waals surface area (Å²) in [5.41, 5.74) is 4.98. The predicted octanol–water partition coefficient (Wildman–Crippen LogP) is 2.95. The van der Waals surface area contributed by atoms with Gasteiger partial charge in [-0.05, 0) is 30.7 Å². The van der Waals surface area contributed by atoms with Gasteiger partial charge in [-0.2, -0.15) is 13.2 Å². The van der Waals surface area contributed by atoms with Crippen LogP contribution >= 0.6 is 11.8 Å². The molecule has 0 fully saturated rings. The molecule has 2 N–H and O–H groups in total. The fourth-order valence-corrected chi connectivity index (χ4v) is 2.38. The summed E-state index contributed by atoms with van der Waals surface area (Å²) >= 11 is 1.35. The van der Waals surface area contributed by atoms with Crippen LogP contribution in [0, 0.1) is 0 Å². The second-order valence-electron chi connectivity index (χ2n) is 3.70. The summed E-state index contributed by atoms with van der Waals surface area (Å²) in [4.78, 5) is 0.597. The van der Waals surface area contributed by atoms with Crippen LogP contribution in [0.3, 0.4) is 0 Å². The van der Waals surface area contributed by atoms with Gasteiger partial charge in [-0.15, -0.1) is 11.8 Å². The lowest BCUT2D eigenvalue weighted by Crippen LogP contribution is -2.12. The number of alkyl halides is 3. The molecular weight excluding hydrogens is 263 g/mol. The minimum atomic E-state index is -4.33. The number of methoxy groups -OCH3 is 1. The monoisotopic (exact) mass is 279 g/mol. The van der Waals surface area contributed by atoms with Crippen molar-refractivity contribution in [1.82, 2.24) is 0 Å². The van der Waals surface area contributed by atoms with E-state index in [9.17, 15) is 13.2 Å². The Morgan fingerprint density at radius 3 is 2.61 bits per heavy atom. The fraction of sp³-hybridized carbons (Fsp3) is 0.500. The van der Waals surface area contributed by atoms with Gasteiger partial charge < -0.3 is 10.5 Å². The van der Waals surface area contributed by atoms with Gasteiger partial charge in [0.2, 0.25) is 0 Å². The first kappa shape index (κ1) is 15.3. The average Bonchev–Trinajstić information content (AvgIpc) is 2.30. The predicted molar refractivity (Wildman–Crippen MR) is 66.8 cm³/mol. The Labute approximate surface area is 109 Å². The van der Waals surface area contributed by atoms with E-state index >= 15 is 0 Å². The normalized spacial score (nSPS) is 11.8. The van der Waals surface area contributed by atoms with Crippen molar-refractivity contribution in [2.24, 2.45) is 5.73 Å². The van der Waals surface area contributed by atoms with E-state index in [1.165, 1.54) is 23.9 Å². The van der Waals surface area contributed by atoms with Crippen molar-refractivity contribution in [1.29, 1.82) is 0 Å². The summed E-state index contributed by atoms with van der Waals surface area (Å²) in [6.07, 6.45) is -4.10. The number of benzene rings is 1. The molecule has 0 unspecified atom stereocenters. The Bertz CT molecular complexity index is 382. The smallest absolute Gasteiger partial charge is 0.384 e. The minimum Gasteiger partial charge on any atom is -0.384 e. The molecule has 1 aromatic rings. The number of hydrogen-bond acceptors (Lipinski definition) is 3. The van der Waals surface area contributed by atoms with E-state index in [-0.39, 0.29) is 18.5 Å². The van der Waals surface area contributed by atoms with Gasteiger partial charge in [0, 0.05) is 17.8 Å². The first-order chi connectivity index (χ1) is 8.49. The molecule has 102 valence electrons. The van der Waals surface area contributed by atoms with Crippen LogP contribution in [0.5, 0.6) is 0 Å². The summed E-state index contributed by atoms with van der Waals surface area (Å²) in [5, 5.41) is 0. The van der Waals surface area contributed by atoms with Crippen molar-refractivity contribution < 1.29 is 17.9 Å². The molecule has 0 saturated heterocycles. The van der Waals surface area contributed by atoms with Gasteiger partial charge in [0.05, 0.1) is 12.2 Å². The van der Waals surface area contributed by atoms with Gasteiger partial charge in [0.25, 0.3) is 0 Å². The topological polar surface area (TPSA) is 35.2 Å². The first-order valence-corrected chi connectivity index (χ1v) is 6.49. The Balaban J connectivity index is 2.91. The van der Waals surface area contributed by atoms with E-state index in [1.54, 1.807) is 13.2 Å². The van der Waals surface area contributed by atoms with Crippen molar-refractivity contribution in [3.8, 4) is 0 Å². The second kappa shape index (κ2) is 7.01. The molecule has 0 aromatic heterocycles. The number of hydrogen-bond donors (Lipinski definition) is 1. The van der Waals surface area contributed by atoms with E-state index in [1.807, 2.05) is 0 Å². The third-order valence-corrected chi connectivity index (χ3v) is 3.31. The molecule has 0 aliphatic heterocycles. The summed E-state index contributed by atoms with van der Waals surface area (Å²) in [7, 11) is 1.56. The molecule has 2 nitrogen and oxygen atoms in total. The van der Waals surface area contributed by atoms with E-state index in [0.29, 0.717) is 17.3 Å². The molecule has 1 rings (SSSR count). The standard InChI is InChI=1S/C12H16F3NOS/c1-17-6-7-18-10-3-2-9(4-5-16)11(8-10)12(13,14)15/h2-3,8H,4-7,16H2,1H3. The second-order valence-corrected chi connectivity index (χ2v) is 4.86. The van der Waals surface area contributed by atoms with Crippen molar-refractivity contribution in [3.05, 3.63) is 29.3 Å². The zero-order valence-electron chi connectivity index (χ0n) is 10.1. The maximum absolute atomic E-state index is 12.9. The summed E-state index contributed by atoms with van der Waals surface area (Å²) in [6, 6.07) is 4.39. The van der Waals surface area contributed by atoms with E-state index in [2.05, 4.69) is 0 Å². The van der Waals surface area contributed by atoms with Crippen molar-refractivity contribution in [2.75, 3.05) is 26.0 Å². The third kappa shape index (κ3) is 4.51. The molecule has 18 heavy (non-hydrogen) atoms. The third-order valence-electron chi connectivity index (χ3n) is 2.36. The zero-order valence-corrected chi connectivity index (χ0v) is 10.9. The molecule has 0 saturated carbocycles. The fourth-order valence-electron chi connectivity index (χ4n) is 1.53. The van der Waals surface area contributed by atoms with Gasteiger partial charge in [-0.1, -0.05) is 6.07 Å². The first-order valence-electron chi connectivity index (χ1n) is 5.51. The number of halogens is 3. The molecule has 0 aliphatic rings. The molecular formula is C12H16F3NOS. The molecule has 0 heterocycles. The highest BCUT2D eigenvalue weighted by molar-refractivity contribution is 7.99. The Morgan fingerprint density at radius 1 is 1.33 bits per heavy atom. The van der Waals surface area contributed by atoms with Gasteiger partial charge in [-0.25, -0.2) is 0 Å². The highest BCUT2D eigenvalue weighted by Gasteiger charge is 2.33. The maximum atomic E-state index is 12.9. The van der Waals surface area contributed by atoms with Crippen LogP contribution in [-0.4, -0.2) is 26.0 Å². The molecule has 0 radical (unpaired) electrons. The Morgan fingerprint density at radius 2 is 2.06 bits per heavy atom. The van der Waals surface area contributed by atoms with E-state index < -0.39 is 11.7 Å². The van der Waals surface area contributed by atoms with Crippen LogP contribution in [0.25, 0.3) is 0 Å². The average molecular weight is 279 g/mol. The summed E-state index contributed by atoms with van der Waals surface area (Å²) in [6.45, 7) is 0.718. The molecule has 1 aromatic carbocycles. The van der Waals surface area contributed by atoms with Gasteiger partial charge in [-0.3, -0.25) is 0 Å². The number of thioether (sulfide) groups is 1. The van der Waals surface area contributed by atoms with Crippen LogP contribution in [0.15, 0.2) is 23.1 Å². The lowest BCUT2D eigenvalue weighted by molar-refractivity contribution is -0.138. The van der Waals surface area contributed by atoms with Crippen LogP contribution < -0.4 is 5.73 Å². The van der Waals surface area contributed by atoms with Gasteiger partial charge in [0.15, 0.2) is 0 Å². The lowest BCUT2D eigenvalue weighted by atomic mass is 10.0. The SMILES string of the molecule is COCCSc1ccc(CCN)c(C(F)(F)F)c1.